The molecule has 2 unspecified atom stereocenters. The zero-order valence-electron chi connectivity index (χ0n) is 16.3. The molecule has 1 aliphatic heterocycles. The summed E-state index contributed by atoms with van der Waals surface area (Å²) in [4.78, 5) is 39.1. The maximum Gasteiger partial charge on any atom is 0.257 e. The molecule has 1 aliphatic carbocycles. The normalized spacial score (nSPS) is 21.0. The second kappa shape index (κ2) is 7.87. The predicted octanol–water partition coefficient (Wildman–Crippen LogP) is 3.44. The highest BCUT2D eigenvalue weighted by atomic mass is 32.1. The van der Waals surface area contributed by atoms with Crippen LogP contribution in [-0.4, -0.2) is 27.9 Å². The number of imide groups is 1. The molecule has 1 saturated heterocycles. The number of anilines is 2. The fourth-order valence-electron chi connectivity index (χ4n) is 3.72. The van der Waals surface area contributed by atoms with Gasteiger partial charge >= 0.3 is 0 Å². The summed E-state index contributed by atoms with van der Waals surface area (Å²) in [7, 11) is 0. The third-order valence-electron chi connectivity index (χ3n) is 5.17. The van der Waals surface area contributed by atoms with Crippen LogP contribution in [0.5, 0.6) is 0 Å². The summed E-state index contributed by atoms with van der Waals surface area (Å²) >= 11 is 1.36. The van der Waals surface area contributed by atoms with Crippen molar-refractivity contribution in [3.05, 3.63) is 47.0 Å². The van der Waals surface area contributed by atoms with Crippen LogP contribution in [0, 0.1) is 17.8 Å². The molecule has 2 aliphatic rings. The third kappa shape index (κ3) is 3.85. The number of rotatable bonds is 5. The Hall–Kier alpha value is -2.87. The first-order chi connectivity index (χ1) is 13.9. The van der Waals surface area contributed by atoms with Crippen molar-refractivity contribution < 1.29 is 14.4 Å². The number of amides is 3. The van der Waals surface area contributed by atoms with Crippen LogP contribution in [0.1, 0.15) is 42.1 Å². The van der Waals surface area contributed by atoms with Gasteiger partial charge in [-0.3, -0.25) is 24.6 Å². The summed E-state index contributed by atoms with van der Waals surface area (Å²) in [6.45, 7) is 4.20. The Morgan fingerprint density at radius 2 is 1.72 bits per heavy atom. The van der Waals surface area contributed by atoms with Crippen LogP contribution in [0.2, 0.25) is 0 Å². The van der Waals surface area contributed by atoms with Gasteiger partial charge in [-0.25, -0.2) is 0 Å². The maximum atomic E-state index is 12.7. The molecule has 2 atom stereocenters. The van der Waals surface area contributed by atoms with Gasteiger partial charge in [0.05, 0.1) is 17.5 Å². The molecule has 0 bridgehead atoms. The highest BCUT2D eigenvalue weighted by Crippen LogP contribution is 2.37. The van der Waals surface area contributed by atoms with Gasteiger partial charge in [-0.1, -0.05) is 37.3 Å². The molecule has 7 nitrogen and oxygen atoms in total. The molecular formula is C21H22N4O3S. The van der Waals surface area contributed by atoms with Crippen molar-refractivity contribution in [1.29, 1.82) is 0 Å². The number of nitrogens with one attached hydrogen (secondary N) is 1. The average Bonchev–Trinajstić information content (AvgIpc) is 3.24. The van der Waals surface area contributed by atoms with Crippen molar-refractivity contribution in [2.45, 2.75) is 33.1 Å². The van der Waals surface area contributed by atoms with Crippen LogP contribution in [-0.2, 0) is 16.0 Å². The smallest absolute Gasteiger partial charge is 0.257 e. The molecule has 1 N–H and O–H groups in total. The lowest BCUT2D eigenvalue weighted by Gasteiger charge is -2.15. The number of carbonyl (C=O) groups excluding carboxylic acids is 3. The summed E-state index contributed by atoms with van der Waals surface area (Å²) in [5, 5.41) is 12.2. The quantitative estimate of drug-likeness (QED) is 0.602. The zero-order chi connectivity index (χ0) is 20.5. The Kier molecular flexibility index (Phi) is 5.27. The predicted molar refractivity (Wildman–Crippen MR) is 111 cm³/mol. The van der Waals surface area contributed by atoms with Crippen molar-refractivity contribution in [3.8, 4) is 0 Å². The number of benzene rings is 1. The van der Waals surface area contributed by atoms with Crippen molar-refractivity contribution >= 4 is 39.9 Å². The Labute approximate surface area is 172 Å². The van der Waals surface area contributed by atoms with Gasteiger partial charge in [0.25, 0.3) is 5.91 Å². The van der Waals surface area contributed by atoms with E-state index in [0.29, 0.717) is 35.1 Å². The number of carbonyl (C=O) groups is 3. The van der Waals surface area contributed by atoms with E-state index in [9.17, 15) is 14.4 Å². The van der Waals surface area contributed by atoms with Gasteiger partial charge in [0.15, 0.2) is 0 Å². The Morgan fingerprint density at radius 3 is 2.31 bits per heavy atom. The fraction of sp³-hybridized carbons (Fsp3) is 0.381. The van der Waals surface area contributed by atoms with Crippen LogP contribution in [0.4, 0.5) is 10.8 Å². The van der Waals surface area contributed by atoms with Crippen molar-refractivity contribution in [2.75, 3.05) is 10.2 Å². The molecule has 1 fully saturated rings. The highest BCUT2D eigenvalue weighted by molar-refractivity contribution is 7.15. The van der Waals surface area contributed by atoms with Gasteiger partial charge in [0.2, 0.25) is 16.9 Å². The number of hydrogen-bond acceptors (Lipinski definition) is 6. The molecule has 0 radical (unpaired) electrons. The summed E-state index contributed by atoms with van der Waals surface area (Å²) in [6.07, 6.45) is 5.95. The molecule has 150 valence electrons. The molecule has 1 aromatic carbocycles. The van der Waals surface area contributed by atoms with E-state index in [1.165, 1.54) is 16.2 Å². The van der Waals surface area contributed by atoms with E-state index in [4.69, 9.17) is 0 Å². The van der Waals surface area contributed by atoms with Gasteiger partial charge in [0.1, 0.15) is 5.01 Å². The van der Waals surface area contributed by atoms with Gasteiger partial charge < -0.3 is 0 Å². The molecule has 2 heterocycles. The average molecular weight is 410 g/mol. The lowest BCUT2D eigenvalue weighted by atomic mass is 9.85. The van der Waals surface area contributed by atoms with Gasteiger partial charge in [-0.15, -0.1) is 10.2 Å². The number of hydrogen-bond donors (Lipinski definition) is 1. The van der Waals surface area contributed by atoms with Crippen LogP contribution >= 0.6 is 11.3 Å². The number of nitrogens with zero attached hydrogens (tertiary/aromatic N) is 3. The van der Waals surface area contributed by atoms with Crippen LogP contribution in [0.3, 0.4) is 0 Å². The van der Waals surface area contributed by atoms with Crippen LogP contribution in [0.25, 0.3) is 0 Å². The lowest BCUT2D eigenvalue weighted by molar-refractivity contribution is -0.122. The maximum absolute atomic E-state index is 12.7. The summed E-state index contributed by atoms with van der Waals surface area (Å²) < 4.78 is 0. The molecular weight excluding hydrogens is 388 g/mol. The zero-order valence-corrected chi connectivity index (χ0v) is 17.1. The largest absolute Gasteiger partial charge is 0.296 e. The first-order valence-corrected chi connectivity index (χ1v) is 10.5. The molecule has 0 saturated carbocycles. The second-order valence-corrected chi connectivity index (χ2v) is 8.83. The first kappa shape index (κ1) is 19.4. The summed E-state index contributed by atoms with van der Waals surface area (Å²) in [5.41, 5.74) is 0.925. The Morgan fingerprint density at radius 1 is 1.10 bits per heavy atom. The van der Waals surface area contributed by atoms with E-state index in [1.54, 1.807) is 24.3 Å². The third-order valence-corrected chi connectivity index (χ3v) is 6.03. The topological polar surface area (TPSA) is 92.3 Å². The minimum absolute atomic E-state index is 0.159. The van der Waals surface area contributed by atoms with Gasteiger partial charge in [-0.2, -0.15) is 0 Å². The Bertz CT molecular complexity index is 954. The van der Waals surface area contributed by atoms with E-state index >= 15 is 0 Å². The van der Waals surface area contributed by atoms with E-state index in [2.05, 4.69) is 29.4 Å². The summed E-state index contributed by atoms with van der Waals surface area (Å²) in [5.74, 6) is -0.697. The van der Waals surface area contributed by atoms with E-state index in [1.807, 2.05) is 12.2 Å². The van der Waals surface area contributed by atoms with Gasteiger partial charge in [-0.05, 0) is 43.0 Å². The minimum atomic E-state index is -0.305. The SMILES string of the molecule is CC(C)Cc1nnc(NC(=O)c2ccc(N3C(=O)C4CC=CCC4C3=O)cc2)s1. The summed E-state index contributed by atoms with van der Waals surface area (Å²) in [6, 6.07) is 6.50. The van der Waals surface area contributed by atoms with E-state index in [-0.39, 0.29) is 29.6 Å². The lowest BCUT2D eigenvalue weighted by Crippen LogP contribution is -2.30. The van der Waals surface area contributed by atoms with Gasteiger partial charge in [0, 0.05) is 12.0 Å². The van der Waals surface area contributed by atoms with E-state index < -0.39 is 0 Å². The molecule has 4 rings (SSSR count). The van der Waals surface area contributed by atoms with Crippen molar-refractivity contribution in [1.82, 2.24) is 10.2 Å². The molecule has 29 heavy (non-hydrogen) atoms. The molecule has 0 spiro atoms. The van der Waals surface area contributed by atoms with Crippen LogP contribution in [0.15, 0.2) is 36.4 Å². The molecule has 2 aromatic rings. The number of allylic oxidation sites excluding steroid dienone is 2. The van der Waals surface area contributed by atoms with Crippen molar-refractivity contribution in [2.24, 2.45) is 17.8 Å². The molecule has 8 heteroatoms. The molecule has 1 aromatic heterocycles. The number of aromatic nitrogens is 2. The fourth-order valence-corrected chi connectivity index (χ4v) is 4.67. The monoisotopic (exact) mass is 410 g/mol. The van der Waals surface area contributed by atoms with E-state index in [0.717, 1.165) is 11.4 Å². The van der Waals surface area contributed by atoms with Crippen molar-refractivity contribution in [3.63, 3.8) is 0 Å². The Balaban J connectivity index is 1.45. The second-order valence-electron chi connectivity index (χ2n) is 7.77. The van der Waals surface area contributed by atoms with Crippen LogP contribution < -0.4 is 10.2 Å². The number of fused-ring (bicyclic) bond motifs is 1. The first-order valence-electron chi connectivity index (χ1n) is 9.70. The molecule has 3 amide bonds. The minimum Gasteiger partial charge on any atom is -0.296 e. The standard InChI is InChI=1S/C21H22N4O3S/c1-12(2)11-17-23-24-21(29-17)22-18(26)13-7-9-14(10-8-13)25-19(27)15-5-3-4-6-16(15)20(25)28/h3-4,7-10,12,15-16H,5-6,11H2,1-2H3,(H,22,24,26). The highest BCUT2D eigenvalue weighted by Gasteiger charge is 2.47.